The van der Waals surface area contributed by atoms with Gasteiger partial charge in [-0.15, -0.1) is 0 Å². The van der Waals surface area contributed by atoms with Gasteiger partial charge in [0.05, 0.1) is 4.47 Å². The molecular formula is C12H17BrN2. The summed E-state index contributed by atoms with van der Waals surface area (Å²) in [5, 5.41) is 0. The van der Waals surface area contributed by atoms with E-state index in [-0.39, 0.29) is 0 Å². The Labute approximate surface area is 99.8 Å². The topological polar surface area (TPSA) is 16.1 Å². The molecule has 1 saturated heterocycles. The molecule has 0 bridgehead atoms. The van der Waals surface area contributed by atoms with E-state index in [1.54, 1.807) is 0 Å². The zero-order chi connectivity index (χ0) is 10.8. The smallest absolute Gasteiger partial charge is 0.143 e. The predicted octanol–water partition coefficient (Wildman–Crippen LogP) is 3.47. The number of anilines is 1. The minimum atomic E-state index is 0.649. The molecule has 0 aromatic carbocycles. The Kier molecular flexibility index (Phi) is 3.29. The molecule has 0 aliphatic carbocycles. The van der Waals surface area contributed by atoms with Gasteiger partial charge in [-0.25, -0.2) is 4.98 Å². The van der Waals surface area contributed by atoms with Gasteiger partial charge in [0.1, 0.15) is 5.82 Å². The van der Waals surface area contributed by atoms with Crippen molar-refractivity contribution in [3.8, 4) is 0 Å². The number of halogens is 1. The Bertz CT molecular complexity index is 338. The first-order chi connectivity index (χ1) is 7.20. The highest BCUT2D eigenvalue weighted by molar-refractivity contribution is 9.10. The fourth-order valence-electron chi connectivity index (χ4n) is 2.34. The van der Waals surface area contributed by atoms with E-state index in [1.807, 2.05) is 12.3 Å². The second-order valence-electron chi connectivity index (χ2n) is 4.46. The fraction of sp³-hybridized carbons (Fsp3) is 0.583. The van der Waals surface area contributed by atoms with Crippen LogP contribution < -0.4 is 4.90 Å². The van der Waals surface area contributed by atoms with Crippen LogP contribution in [0, 0.1) is 5.92 Å². The van der Waals surface area contributed by atoms with Gasteiger partial charge in [0.15, 0.2) is 0 Å². The molecule has 15 heavy (non-hydrogen) atoms. The first kappa shape index (κ1) is 10.9. The maximum Gasteiger partial charge on any atom is 0.143 e. The Morgan fingerprint density at radius 3 is 3.00 bits per heavy atom. The summed E-state index contributed by atoms with van der Waals surface area (Å²) in [6, 6.07) is 4.68. The molecule has 2 heterocycles. The summed E-state index contributed by atoms with van der Waals surface area (Å²) in [6.45, 7) is 5.72. The van der Waals surface area contributed by atoms with Crippen molar-refractivity contribution in [1.82, 2.24) is 4.98 Å². The average molecular weight is 269 g/mol. The van der Waals surface area contributed by atoms with Crippen LogP contribution in [-0.2, 0) is 0 Å². The van der Waals surface area contributed by atoms with E-state index in [4.69, 9.17) is 0 Å². The van der Waals surface area contributed by atoms with Crippen LogP contribution in [0.4, 0.5) is 5.82 Å². The van der Waals surface area contributed by atoms with Crippen molar-refractivity contribution in [2.75, 3.05) is 11.4 Å². The molecule has 1 aromatic rings. The van der Waals surface area contributed by atoms with Crippen LogP contribution in [0.5, 0.6) is 0 Å². The summed E-state index contributed by atoms with van der Waals surface area (Å²) in [5.41, 5.74) is 0. The van der Waals surface area contributed by atoms with E-state index >= 15 is 0 Å². The molecular weight excluding hydrogens is 252 g/mol. The lowest BCUT2D eigenvalue weighted by molar-refractivity contribution is 0.489. The van der Waals surface area contributed by atoms with Crippen LogP contribution in [0.2, 0.25) is 0 Å². The van der Waals surface area contributed by atoms with Gasteiger partial charge in [0.25, 0.3) is 0 Å². The van der Waals surface area contributed by atoms with Crippen LogP contribution in [0.25, 0.3) is 0 Å². The first-order valence-corrected chi connectivity index (χ1v) is 6.36. The molecule has 3 heteroatoms. The van der Waals surface area contributed by atoms with Gasteiger partial charge in [-0.05, 0) is 46.8 Å². The van der Waals surface area contributed by atoms with E-state index in [9.17, 15) is 0 Å². The lowest BCUT2D eigenvalue weighted by Gasteiger charge is -2.29. The van der Waals surface area contributed by atoms with E-state index in [0.29, 0.717) is 12.0 Å². The predicted molar refractivity (Wildman–Crippen MR) is 67.1 cm³/mol. The number of aromatic nitrogens is 1. The van der Waals surface area contributed by atoms with E-state index in [2.05, 4.69) is 45.7 Å². The Morgan fingerprint density at radius 1 is 1.53 bits per heavy atom. The number of hydrogen-bond acceptors (Lipinski definition) is 2. The lowest BCUT2D eigenvalue weighted by atomic mass is 10.0. The maximum absolute atomic E-state index is 4.47. The third kappa shape index (κ3) is 2.17. The summed E-state index contributed by atoms with van der Waals surface area (Å²) in [6.07, 6.45) is 4.45. The Morgan fingerprint density at radius 2 is 2.33 bits per heavy atom. The van der Waals surface area contributed by atoms with Crippen LogP contribution in [-0.4, -0.2) is 17.6 Å². The average Bonchev–Trinajstić information content (AvgIpc) is 2.67. The number of pyridine rings is 1. The van der Waals surface area contributed by atoms with Gasteiger partial charge in [0, 0.05) is 18.8 Å². The van der Waals surface area contributed by atoms with Crippen molar-refractivity contribution < 1.29 is 0 Å². The number of rotatable bonds is 2. The molecule has 0 radical (unpaired) electrons. The molecule has 0 N–H and O–H groups in total. The summed E-state index contributed by atoms with van der Waals surface area (Å²) in [4.78, 5) is 6.91. The van der Waals surface area contributed by atoms with Crippen molar-refractivity contribution in [2.24, 2.45) is 5.92 Å². The van der Waals surface area contributed by atoms with Gasteiger partial charge in [-0.3, -0.25) is 0 Å². The summed E-state index contributed by atoms with van der Waals surface area (Å²) < 4.78 is 1.11. The zero-order valence-electron chi connectivity index (χ0n) is 9.28. The first-order valence-electron chi connectivity index (χ1n) is 5.57. The van der Waals surface area contributed by atoms with Gasteiger partial charge in [0.2, 0.25) is 0 Å². The molecule has 2 nitrogen and oxygen atoms in total. The zero-order valence-corrected chi connectivity index (χ0v) is 10.9. The summed E-state index contributed by atoms with van der Waals surface area (Å²) in [7, 11) is 0. The maximum atomic E-state index is 4.47. The quantitative estimate of drug-likeness (QED) is 0.817. The third-order valence-corrected chi connectivity index (χ3v) is 3.70. The SMILES string of the molecule is CC(C)C1CCCN1c1ncccc1Br. The van der Waals surface area contributed by atoms with Crippen LogP contribution >= 0.6 is 15.9 Å². The highest BCUT2D eigenvalue weighted by atomic mass is 79.9. The summed E-state index contributed by atoms with van der Waals surface area (Å²) in [5.74, 6) is 1.80. The molecule has 0 amide bonds. The van der Waals surface area contributed by atoms with Crippen LogP contribution in [0.15, 0.2) is 22.8 Å². The fourth-order valence-corrected chi connectivity index (χ4v) is 2.82. The second-order valence-corrected chi connectivity index (χ2v) is 5.31. The third-order valence-electron chi connectivity index (χ3n) is 3.08. The highest BCUT2D eigenvalue weighted by Crippen LogP contribution is 2.32. The normalized spacial score (nSPS) is 21.3. The van der Waals surface area contributed by atoms with Gasteiger partial charge in [-0.1, -0.05) is 13.8 Å². The number of nitrogens with zero attached hydrogens (tertiary/aromatic N) is 2. The van der Waals surface area contributed by atoms with E-state index < -0.39 is 0 Å². The van der Waals surface area contributed by atoms with Gasteiger partial charge >= 0.3 is 0 Å². The standard InChI is InChI=1S/C12H17BrN2/c1-9(2)11-6-4-8-15(11)12-10(13)5-3-7-14-12/h3,5,7,9,11H,4,6,8H2,1-2H3. The molecule has 1 atom stereocenters. The second kappa shape index (κ2) is 4.52. The molecule has 1 aliphatic heterocycles. The minimum absolute atomic E-state index is 0.649. The molecule has 1 aromatic heterocycles. The highest BCUT2D eigenvalue weighted by Gasteiger charge is 2.28. The largest absolute Gasteiger partial charge is 0.352 e. The molecule has 1 fully saturated rings. The Balaban J connectivity index is 2.27. The van der Waals surface area contributed by atoms with Crippen LogP contribution in [0.1, 0.15) is 26.7 Å². The summed E-state index contributed by atoms with van der Waals surface area (Å²) >= 11 is 3.58. The van der Waals surface area contributed by atoms with Crippen molar-refractivity contribution in [1.29, 1.82) is 0 Å². The van der Waals surface area contributed by atoms with Gasteiger partial charge in [-0.2, -0.15) is 0 Å². The van der Waals surface area contributed by atoms with Crippen molar-refractivity contribution in [3.05, 3.63) is 22.8 Å². The van der Waals surface area contributed by atoms with Crippen molar-refractivity contribution in [2.45, 2.75) is 32.7 Å². The molecule has 1 aliphatic rings. The molecule has 0 spiro atoms. The van der Waals surface area contributed by atoms with Gasteiger partial charge < -0.3 is 4.90 Å². The molecule has 1 unspecified atom stereocenters. The molecule has 0 saturated carbocycles. The monoisotopic (exact) mass is 268 g/mol. The molecule has 2 rings (SSSR count). The number of hydrogen-bond donors (Lipinski definition) is 0. The Hall–Kier alpha value is -0.570. The minimum Gasteiger partial charge on any atom is -0.352 e. The van der Waals surface area contributed by atoms with Crippen molar-refractivity contribution in [3.63, 3.8) is 0 Å². The van der Waals surface area contributed by atoms with Crippen LogP contribution in [0.3, 0.4) is 0 Å². The van der Waals surface area contributed by atoms with E-state index in [1.165, 1.54) is 12.8 Å². The van der Waals surface area contributed by atoms with E-state index in [0.717, 1.165) is 16.8 Å². The molecule has 82 valence electrons. The van der Waals surface area contributed by atoms with Crippen molar-refractivity contribution >= 4 is 21.7 Å². The lowest BCUT2D eigenvalue weighted by Crippen LogP contribution is -2.34.